The average Bonchev–Trinajstić information content (AvgIpc) is 2.45. The minimum atomic E-state index is -0.0603. The number of hydrogen-bond donors (Lipinski definition) is 2. The van der Waals surface area contributed by atoms with Gasteiger partial charge in [0, 0.05) is 29.0 Å². The van der Waals surface area contributed by atoms with E-state index in [2.05, 4.69) is 21.1 Å². The molecule has 1 heterocycles. The predicted molar refractivity (Wildman–Crippen MR) is 76.2 cm³/mol. The van der Waals surface area contributed by atoms with Gasteiger partial charge in [-0.15, -0.1) is 0 Å². The van der Waals surface area contributed by atoms with E-state index in [-0.39, 0.29) is 17.7 Å². The largest absolute Gasteiger partial charge is 0.409 e. The van der Waals surface area contributed by atoms with Crippen molar-refractivity contribution in [2.75, 3.05) is 13.1 Å². The zero-order valence-corrected chi connectivity index (χ0v) is 12.0. The van der Waals surface area contributed by atoms with Gasteiger partial charge in [0.25, 0.3) is 5.91 Å². The lowest BCUT2D eigenvalue weighted by Crippen LogP contribution is -2.44. The van der Waals surface area contributed by atoms with Gasteiger partial charge in [0.1, 0.15) is 5.84 Å². The van der Waals surface area contributed by atoms with Gasteiger partial charge in [0.05, 0.1) is 0 Å². The second-order valence-corrected chi connectivity index (χ2v) is 5.54. The molecule has 1 fully saturated rings. The highest BCUT2D eigenvalue weighted by molar-refractivity contribution is 9.10. The number of likely N-dealkylation sites (tertiary alicyclic amines) is 1. The Morgan fingerprint density at radius 2 is 2.32 bits per heavy atom. The van der Waals surface area contributed by atoms with Crippen molar-refractivity contribution >= 4 is 27.7 Å². The number of amidine groups is 1. The molecule has 2 rings (SSSR count). The summed E-state index contributed by atoms with van der Waals surface area (Å²) in [6.45, 7) is 1.21. The van der Waals surface area contributed by atoms with Crippen LogP contribution < -0.4 is 5.73 Å². The Bertz CT molecular complexity index is 504. The zero-order chi connectivity index (χ0) is 13.8. The van der Waals surface area contributed by atoms with Crippen LogP contribution in [0.1, 0.15) is 23.2 Å². The molecule has 0 aromatic heterocycles. The van der Waals surface area contributed by atoms with Gasteiger partial charge >= 0.3 is 0 Å². The lowest BCUT2D eigenvalue weighted by molar-refractivity contribution is 0.0701. The van der Waals surface area contributed by atoms with Crippen molar-refractivity contribution in [1.82, 2.24) is 4.90 Å². The molecule has 1 amide bonds. The summed E-state index contributed by atoms with van der Waals surface area (Å²) in [5, 5.41) is 11.8. The Labute approximate surface area is 120 Å². The van der Waals surface area contributed by atoms with Gasteiger partial charge in [-0.25, -0.2) is 0 Å². The van der Waals surface area contributed by atoms with Crippen LogP contribution in [-0.4, -0.2) is 34.9 Å². The van der Waals surface area contributed by atoms with Crippen LogP contribution >= 0.6 is 15.9 Å². The summed E-state index contributed by atoms with van der Waals surface area (Å²) in [4.78, 5) is 14.1. The number of halogens is 1. The zero-order valence-electron chi connectivity index (χ0n) is 10.4. The van der Waals surface area contributed by atoms with Crippen molar-refractivity contribution < 1.29 is 10.0 Å². The number of amides is 1. The molecule has 0 saturated carbocycles. The molecule has 1 aliphatic heterocycles. The minimum absolute atomic E-state index is 0.0169. The molecule has 0 bridgehead atoms. The molecule has 102 valence electrons. The molecule has 1 unspecified atom stereocenters. The number of hydrogen-bond acceptors (Lipinski definition) is 3. The van der Waals surface area contributed by atoms with Crippen LogP contribution in [0.2, 0.25) is 0 Å². The lowest BCUT2D eigenvalue weighted by Gasteiger charge is -2.32. The van der Waals surface area contributed by atoms with Gasteiger partial charge in [-0.1, -0.05) is 27.2 Å². The molecule has 5 nitrogen and oxygen atoms in total. The monoisotopic (exact) mass is 325 g/mol. The number of nitrogens with zero attached hydrogens (tertiary/aromatic N) is 2. The average molecular weight is 326 g/mol. The quantitative estimate of drug-likeness (QED) is 0.378. The van der Waals surface area contributed by atoms with Gasteiger partial charge in [-0.3, -0.25) is 4.79 Å². The van der Waals surface area contributed by atoms with Gasteiger partial charge in [-0.05, 0) is 31.0 Å². The molecular formula is C13H16BrN3O2. The second-order valence-electron chi connectivity index (χ2n) is 4.63. The van der Waals surface area contributed by atoms with Crippen LogP contribution in [0.4, 0.5) is 0 Å². The van der Waals surface area contributed by atoms with Crippen molar-refractivity contribution in [1.29, 1.82) is 0 Å². The maximum atomic E-state index is 12.4. The molecule has 0 aliphatic carbocycles. The maximum Gasteiger partial charge on any atom is 0.253 e. The Hall–Kier alpha value is -1.56. The van der Waals surface area contributed by atoms with E-state index in [0.29, 0.717) is 18.7 Å². The summed E-state index contributed by atoms with van der Waals surface area (Å²) >= 11 is 3.36. The third-order valence-corrected chi connectivity index (χ3v) is 3.81. The number of carbonyl (C=O) groups excluding carboxylic acids is 1. The number of piperidine rings is 1. The van der Waals surface area contributed by atoms with Crippen LogP contribution in [-0.2, 0) is 0 Å². The first-order valence-corrected chi connectivity index (χ1v) is 6.93. The van der Waals surface area contributed by atoms with Crippen LogP contribution in [0.5, 0.6) is 0 Å². The van der Waals surface area contributed by atoms with E-state index in [0.717, 1.165) is 17.3 Å². The molecule has 19 heavy (non-hydrogen) atoms. The number of nitrogens with two attached hydrogens (primary N) is 1. The molecule has 1 saturated heterocycles. The summed E-state index contributed by atoms with van der Waals surface area (Å²) in [6.07, 6.45) is 1.71. The predicted octanol–water partition coefficient (Wildman–Crippen LogP) is 2.05. The SMILES string of the molecule is NC(=NO)C1CCCN(C(=O)c2cccc(Br)c2)C1. The van der Waals surface area contributed by atoms with Crippen LogP contribution in [0.3, 0.4) is 0 Å². The highest BCUT2D eigenvalue weighted by Crippen LogP contribution is 2.20. The highest BCUT2D eigenvalue weighted by Gasteiger charge is 2.26. The summed E-state index contributed by atoms with van der Waals surface area (Å²) in [5.74, 6) is 0.123. The number of benzene rings is 1. The first kappa shape index (κ1) is 13.9. The first-order valence-electron chi connectivity index (χ1n) is 6.14. The van der Waals surface area contributed by atoms with Crippen LogP contribution in [0.25, 0.3) is 0 Å². The minimum Gasteiger partial charge on any atom is -0.409 e. The second kappa shape index (κ2) is 6.06. The molecule has 1 aliphatic rings. The number of carbonyl (C=O) groups is 1. The van der Waals surface area contributed by atoms with Crippen molar-refractivity contribution in [3.8, 4) is 0 Å². The molecule has 0 spiro atoms. The molecule has 1 aromatic rings. The van der Waals surface area contributed by atoms with Crippen LogP contribution in [0, 0.1) is 5.92 Å². The van der Waals surface area contributed by atoms with Gasteiger partial charge < -0.3 is 15.8 Å². The first-order chi connectivity index (χ1) is 9.11. The van der Waals surface area contributed by atoms with E-state index in [4.69, 9.17) is 10.9 Å². The lowest BCUT2D eigenvalue weighted by atomic mass is 9.96. The fourth-order valence-corrected chi connectivity index (χ4v) is 2.69. The smallest absolute Gasteiger partial charge is 0.253 e. The summed E-state index contributed by atoms with van der Waals surface area (Å²) in [7, 11) is 0. The van der Waals surface area contributed by atoms with Gasteiger partial charge in [0.15, 0.2) is 0 Å². The summed E-state index contributed by atoms with van der Waals surface area (Å²) < 4.78 is 0.878. The van der Waals surface area contributed by atoms with Crippen LogP contribution in [0.15, 0.2) is 33.9 Å². The molecule has 3 N–H and O–H groups in total. The van der Waals surface area contributed by atoms with E-state index < -0.39 is 0 Å². The fraction of sp³-hybridized carbons (Fsp3) is 0.385. The Morgan fingerprint density at radius 1 is 1.53 bits per heavy atom. The van der Waals surface area contributed by atoms with E-state index in [1.54, 1.807) is 17.0 Å². The topological polar surface area (TPSA) is 78.9 Å². The number of rotatable bonds is 2. The Kier molecular flexibility index (Phi) is 4.42. The summed E-state index contributed by atoms with van der Waals surface area (Å²) in [6, 6.07) is 7.31. The fourth-order valence-electron chi connectivity index (χ4n) is 2.29. The molecule has 1 aromatic carbocycles. The molecule has 1 atom stereocenters. The van der Waals surface area contributed by atoms with Crippen molar-refractivity contribution in [2.45, 2.75) is 12.8 Å². The van der Waals surface area contributed by atoms with E-state index in [1.807, 2.05) is 12.1 Å². The normalized spacial score (nSPS) is 20.4. The Morgan fingerprint density at radius 3 is 3.00 bits per heavy atom. The number of oxime groups is 1. The molecule has 6 heteroatoms. The van der Waals surface area contributed by atoms with E-state index in [1.165, 1.54) is 0 Å². The molecular weight excluding hydrogens is 310 g/mol. The Balaban J connectivity index is 2.11. The molecule has 0 radical (unpaired) electrons. The van der Waals surface area contributed by atoms with Gasteiger partial charge in [0.2, 0.25) is 0 Å². The third-order valence-electron chi connectivity index (χ3n) is 3.31. The van der Waals surface area contributed by atoms with Crippen molar-refractivity contribution in [3.05, 3.63) is 34.3 Å². The third kappa shape index (κ3) is 3.26. The van der Waals surface area contributed by atoms with Crippen molar-refractivity contribution in [2.24, 2.45) is 16.8 Å². The van der Waals surface area contributed by atoms with E-state index in [9.17, 15) is 4.79 Å². The van der Waals surface area contributed by atoms with Gasteiger partial charge in [-0.2, -0.15) is 0 Å². The summed E-state index contributed by atoms with van der Waals surface area (Å²) in [5.41, 5.74) is 6.28. The maximum absolute atomic E-state index is 12.4. The highest BCUT2D eigenvalue weighted by atomic mass is 79.9. The standard InChI is InChI=1S/C13H16BrN3O2/c14-11-5-1-3-9(7-11)13(18)17-6-2-4-10(8-17)12(15)16-19/h1,3,5,7,10,19H,2,4,6,8H2,(H2,15,16). The van der Waals surface area contributed by atoms with E-state index >= 15 is 0 Å². The van der Waals surface area contributed by atoms with Crippen molar-refractivity contribution in [3.63, 3.8) is 0 Å².